The Labute approximate surface area is 227 Å². The van der Waals surface area contributed by atoms with Gasteiger partial charge in [0.25, 0.3) is 0 Å². The van der Waals surface area contributed by atoms with Crippen LogP contribution in [0.25, 0.3) is 0 Å². The predicted octanol–water partition coefficient (Wildman–Crippen LogP) is -0.540. The van der Waals surface area contributed by atoms with Gasteiger partial charge >= 0.3 is 5.97 Å². The molecule has 7 N–H and O–H groups in total. The van der Waals surface area contributed by atoms with Crippen molar-refractivity contribution in [1.29, 1.82) is 0 Å². The van der Waals surface area contributed by atoms with E-state index in [1.54, 1.807) is 13.8 Å². The standard InChI is InChI=1S/C28H42O11/c1-14-10-21(39-22(33)15(14)13-29)28(37,38-4)26(35)12-20(32)27(36)17-11-19(31)25(34)8-5-6-18(30)24(25,3)16(17)7-9-23(26,27)2/h16-17,19-21,29,31-32,34-37H,5-13H2,1-4H3/t16?,17-,19-,20+,21-,23-,24+,25+,26+,27+,28-/m1/s1. The summed E-state index contributed by atoms with van der Waals surface area (Å²) in [7, 11) is 1.14. The molecule has 0 aromatic rings. The Morgan fingerprint density at radius 1 is 1.08 bits per heavy atom. The van der Waals surface area contributed by atoms with E-state index in [0.29, 0.717) is 12.0 Å². The maximum absolute atomic E-state index is 13.4. The lowest BCUT2D eigenvalue weighted by atomic mass is 9.40. The number of methoxy groups -OCH3 is 1. The van der Waals surface area contributed by atoms with E-state index >= 15 is 0 Å². The topological polar surface area (TPSA) is 194 Å². The maximum atomic E-state index is 13.4. The molecule has 11 atom stereocenters. The van der Waals surface area contributed by atoms with Gasteiger partial charge in [-0.05, 0) is 57.8 Å². The van der Waals surface area contributed by atoms with E-state index in [9.17, 15) is 45.3 Å². The zero-order valence-corrected chi connectivity index (χ0v) is 23.0. The van der Waals surface area contributed by atoms with Crippen molar-refractivity contribution in [3.05, 3.63) is 11.1 Å². The molecule has 11 heteroatoms. The van der Waals surface area contributed by atoms with Gasteiger partial charge in [0.1, 0.15) is 22.6 Å². The summed E-state index contributed by atoms with van der Waals surface area (Å²) in [5.74, 6) is -5.15. The van der Waals surface area contributed by atoms with Crippen LogP contribution in [0.15, 0.2) is 11.1 Å². The second-order valence-corrected chi connectivity index (χ2v) is 13.1. The first kappa shape index (κ1) is 29.1. The van der Waals surface area contributed by atoms with Crippen LogP contribution in [-0.2, 0) is 19.1 Å². The minimum absolute atomic E-state index is 0.0380. The van der Waals surface area contributed by atoms with Crippen LogP contribution in [0.1, 0.15) is 72.1 Å². The molecule has 0 spiro atoms. The van der Waals surface area contributed by atoms with Gasteiger partial charge in [-0.25, -0.2) is 4.79 Å². The van der Waals surface area contributed by atoms with Gasteiger partial charge in [-0.1, -0.05) is 12.5 Å². The van der Waals surface area contributed by atoms with Gasteiger partial charge in [-0.15, -0.1) is 0 Å². The van der Waals surface area contributed by atoms with Crippen LogP contribution >= 0.6 is 0 Å². The van der Waals surface area contributed by atoms with Crippen LogP contribution in [0.5, 0.6) is 0 Å². The van der Waals surface area contributed by atoms with Crippen molar-refractivity contribution in [2.75, 3.05) is 13.7 Å². The molecule has 1 aliphatic heterocycles. The van der Waals surface area contributed by atoms with E-state index in [4.69, 9.17) is 9.47 Å². The summed E-state index contributed by atoms with van der Waals surface area (Å²) in [5.41, 5.74) is -8.64. The van der Waals surface area contributed by atoms with Crippen molar-refractivity contribution in [3.8, 4) is 0 Å². The van der Waals surface area contributed by atoms with E-state index in [-0.39, 0.29) is 49.9 Å². The van der Waals surface area contributed by atoms with Gasteiger partial charge < -0.3 is 45.2 Å². The fraction of sp³-hybridized carbons (Fsp3) is 0.857. The smallest absolute Gasteiger partial charge is 0.336 e. The molecule has 0 radical (unpaired) electrons. The summed E-state index contributed by atoms with van der Waals surface area (Å²) in [4.78, 5) is 26.0. The van der Waals surface area contributed by atoms with Crippen LogP contribution in [0.3, 0.4) is 0 Å². The molecule has 0 aromatic heterocycles. The first-order valence-electron chi connectivity index (χ1n) is 13.9. The molecule has 4 saturated carbocycles. The van der Waals surface area contributed by atoms with Crippen molar-refractivity contribution in [3.63, 3.8) is 0 Å². The van der Waals surface area contributed by atoms with Gasteiger partial charge in [0.15, 0.2) is 6.10 Å². The van der Waals surface area contributed by atoms with E-state index in [2.05, 4.69) is 0 Å². The van der Waals surface area contributed by atoms with Crippen molar-refractivity contribution in [1.82, 2.24) is 0 Å². The molecule has 11 nitrogen and oxygen atoms in total. The molecule has 220 valence electrons. The lowest BCUT2D eigenvalue weighted by Crippen LogP contribution is -2.77. The fourth-order valence-electron chi connectivity index (χ4n) is 9.51. The highest BCUT2D eigenvalue weighted by molar-refractivity contribution is 5.90. The highest BCUT2D eigenvalue weighted by atomic mass is 16.7. The average Bonchev–Trinajstić information content (AvgIpc) is 3.04. The molecule has 0 amide bonds. The minimum Gasteiger partial charge on any atom is -0.453 e. The summed E-state index contributed by atoms with van der Waals surface area (Å²) in [5, 5.41) is 80.7. The first-order chi connectivity index (χ1) is 18.0. The van der Waals surface area contributed by atoms with E-state index < -0.39 is 82.6 Å². The normalized spacial score (nSPS) is 51.5. The number of ketones is 1. The summed E-state index contributed by atoms with van der Waals surface area (Å²) in [6.45, 7) is 4.21. The van der Waals surface area contributed by atoms with E-state index in [1.807, 2.05) is 0 Å². The number of aliphatic hydroxyl groups excluding tert-OH is 3. The molecule has 1 heterocycles. The molecule has 0 saturated heterocycles. The molecule has 4 fully saturated rings. The average molecular weight is 555 g/mol. The third-order valence-electron chi connectivity index (χ3n) is 12.0. The lowest BCUT2D eigenvalue weighted by Gasteiger charge is -2.67. The molecule has 5 aliphatic rings. The summed E-state index contributed by atoms with van der Waals surface area (Å²) in [6.07, 6.45) is -3.89. The van der Waals surface area contributed by atoms with E-state index in [0.717, 1.165) is 7.11 Å². The second kappa shape index (κ2) is 8.78. The third-order valence-corrected chi connectivity index (χ3v) is 12.0. The molecule has 39 heavy (non-hydrogen) atoms. The number of fused-ring (bicyclic) bond motifs is 5. The molecular weight excluding hydrogens is 512 g/mol. The summed E-state index contributed by atoms with van der Waals surface area (Å²) in [6, 6.07) is 0. The highest BCUT2D eigenvalue weighted by Gasteiger charge is 2.82. The van der Waals surface area contributed by atoms with Gasteiger partial charge in [0.2, 0.25) is 5.79 Å². The van der Waals surface area contributed by atoms with Crippen molar-refractivity contribution in [2.24, 2.45) is 22.7 Å². The second-order valence-electron chi connectivity index (χ2n) is 13.1. The first-order valence-corrected chi connectivity index (χ1v) is 13.9. The number of cyclic esters (lactones) is 1. The van der Waals surface area contributed by atoms with Crippen molar-refractivity contribution < 1.29 is 54.8 Å². The molecular formula is C28H42O11. The Kier molecular flexibility index (Phi) is 6.54. The van der Waals surface area contributed by atoms with Gasteiger partial charge in [0.05, 0.1) is 29.8 Å². The molecule has 1 unspecified atom stereocenters. The number of carbonyl (C=O) groups is 2. The predicted molar refractivity (Wildman–Crippen MR) is 134 cm³/mol. The highest BCUT2D eigenvalue weighted by Crippen LogP contribution is 2.71. The largest absolute Gasteiger partial charge is 0.453 e. The number of aliphatic hydroxyl groups is 7. The Hall–Kier alpha value is -1.44. The molecule has 0 bridgehead atoms. The SMILES string of the molecule is CO[C@](O)([C@H]1CC(C)=C(CO)C(=O)O1)[C@]1(O)C[C@H](O)[C@@]2(O)[C@@H]3C[C@@H](O)[C@@]4(O)CCCC(=O)[C@]4(C)C3CC[C@@]21C. The van der Waals surface area contributed by atoms with Crippen LogP contribution in [0.2, 0.25) is 0 Å². The number of hydrogen-bond acceptors (Lipinski definition) is 11. The van der Waals surface area contributed by atoms with Gasteiger partial charge in [0, 0.05) is 31.8 Å². The van der Waals surface area contributed by atoms with Crippen LogP contribution < -0.4 is 0 Å². The van der Waals surface area contributed by atoms with Gasteiger partial charge in [-0.3, -0.25) is 4.79 Å². The number of rotatable bonds is 4. The number of hydrogen-bond donors (Lipinski definition) is 7. The Morgan fingerprint density at radius 2 is 1.74 bits per heavy atom. The molecule has 4 aliphatic carbocycles. The Bertz CT molecular complexity index is 1110. The molecule has 5 rings (SSSR count). The number of Topliss-reactive ketones (excluding diaryl/α,β-unsaturated/α-hetero) is 1. The van der Waals surface area contributed by atoms with Crippen molar-refractivity contribution >= 4 is 11.8 Å². The van der Waals surface area contributed by atoms with E-state index in [1.165, 1.54) is 6.92 Å². The Morgan fingerprint density at radius 3 is 2.33 bits per heavy atom. The zero-order valence-electron chi connectivity index (χ0n) is 23.0. The summed E-state index contributed by atoms with van der Waals surface area (Å²) < 4.78 is 11.0. The van der Waals surface area contributed by atoms with Crippen molar-refractivity contribution in [2.45, 2.75) is 113 Å². The minimum atomic E-state index is -2.57. The van der Waals surface area contributed by atoms with Gasteiger partial charge in [-0.2, -0.15) is 0 Å². The number of ether oxygens (including phenoxy) is 2. The quantitative estimate of drug-likeness (QED) is 0.174. The zero-order chi connectivity index (χ0) is 29.0. The summed E-state index contributed by atoms with van der Waals surface area (Å²) >= 11 is 0. The van der Waals surface area contributed by atoms with Crippen LogP contribution in [0, 0.1) is 22.7 Å². The van der Waals surface area contributed by atoms with Crippen LogP contribution in [-0.4, -0.2) is 102 Å². The monoisotopic (exact) mass is 554 g/mol. The van der Waals surface area contributed by atoms with Crippen LogP contribution in [0.4, 0.5) is 0 Å². The fourth-order valence-corrected chi connectivity index (χ4v) is 9.51. The maximum Gasteiger partial charge on any atom is 0.336 e. The third kappa shape index (κ3) is 3.16. The lowest BCUT2D eigenvalue weighted by molar-refractivity contribution is -0.370. The number of esters is 1. The number of carbonyl (C=O) groups excluding carboxylic acids is 2. The molecule has 0 aromatic carbocycles. The Balaban J connectivity index is 1.60.